The van der Waals surface area contributed by atoms with Gasteiger partial charge in [0.05, 0.1) is 6.20 Å². The molecule has 19 heavy (non-hydrogen) atoms. The number of aromatic nitrogens is 2. The van der Waals surface area contributed by atoms with Crippen molar-refractivity contribution in [3.63, 3.8) is 0 Å². The van der Waals surface area contributed by atoms with E-state index in [1.54, 1.807) is 0 Å². The van der Waals surface area contributed by atoms with Gasteiger partial charge in [0.2, 0.25) is 0 Å². The zero-order valence-electron chi connectivity index (χ0n) is 10.5. The highest BCUT2D eigenvalue weighted by atomic mass is 16.3. The Balaban J connectivity index is 1.60. The highest BCUT2D eigenvalue weighted by molar-refractivity contribution is 5.81. The Labute approximate surface area is 110 Å². The van der Waals surface area contributed by atoms with Crippen molar-refractivity contribution in [1.29, 1.82) is 0 Å². The molecule has 2 heterocycles. The van der Waals surface area contributed by atoms with E-state index in [0.29, 0.717) is 6.04 Å². The summed E-state index contributed by atoms with van der Waals surface area (Å²) in [5.41, 5.74) is 1.99. The van der Waals surface area contributed by atoms with Crippen LogP contribution < -0.4 is 5.32 Å². The zero-order valence-corrected chi connectivity index (χ0v) is 10.5. The van der Waals surface area contributed by atoms with Crippen LogP contribution in [-0.2, 0) is 6.54 Å². The van der Waals surface area contributed by atoms with E-state index in [9.17, 15) is 0 Å². The molecule has 0 spiro atoms. The molecule has 1 fully saturated rings. The summed E-state index contributed by atoms with van der Waals surface area (Å²) in [7, 11) is 0. The van der Waals surface area contributed by atoms with Crippen LogP contribution in [0, 0.1) is 0 Å². The Morgan fingerprint density at radius 1 is 1.32 bits per heavy atom. The fourth-order valence-electron chi connectivity index (χ4n) is 2.21. The average Bonchev–Trinajstić information content (AvgIpc) is 2.99. The Morgan fingerprint density at radius 3 is 3.05 bits per heavy atom. The monoisotopic (exact) mass is 253 g/mol. The van der Waals surface area contributed by atoms with Crippen molar-refractivity contribution in [3.05, 3.63) is 42.2 Å². The van der Waals surface area contributed by atoms with Crippen molar-refractivity contribution in [3.8, 4) is 11.6 Å². The van der Waals surface area contributed by atoms with Crippen LogP contribution in [0.3, 0.4) is 0 Å². The molecule has 0 bridgehead atoms. The molecule has 0 unspecified atom stereocenters. The Kier molecular flexibility index (Phi) is 2.42. The van der Waals surface area contributed by atoms with Crippen molar-refractivity contribution in [2.24, 2.45) is 0 Å². The molecule has 1 aliphatic rings. The Bertz CT molecular complexity index is 676. The standard InChI is InChI=1S/C15H15N3O/c1-2-4-13-10(3-1)7-14(19-13)15-17-9-12(18-15)8-16-11-5-6-11/h1-4,7,9,11,16H,5-6,8H2,(H,17,18). The number of para-hydroxylation sites is 1. The van der Waals surface area contributed by atoms with Crippen molar-refractivity contribution in [1.82, 2.24) is 15.3 Å². The summed E-state index contributed by atoms with van der Waals surface area (Å²) >= 11 is 0. The molecule has 1 aromatic carbocycles. The number of hydrogen-bond donors (Lipinski definition) is 2. The van der Waals surface area contributed by atoms with E-state index in [4.69, 9.17) is 4.42 Å². The molecule has 1 saturated carbocycles. The van der Waals surface area contributed by atoms with Gasteiger partial charge < -0.3 is 14.7 Å². The smallest absolute Gasteiger partial charge is 0.173 e. The molecule has 0 amide bonds. The van der Waals surface area contributed by atoms with Crippen LogP contribution in [0.15, 0.2) is 40.9 Å². The number of imidazole rings is 1. The number of aromatic amines is 1. The number of benzene rings is 1. The minimum Gasteiger partial charge on any atom is -0.453 e. The van der Waals surface area contributed by atoms with Crippen LogP contribution in [0.1, 0.15) is 18.5 Å². The van der Waals surface area contributed by atoms with Gasteiger partial charge in [-0.2, -0.15) is 0 Å². The van der Waals surface area contributed by atoms with Gasteiger partial charge in [0.1, 0.15) is 5.58 Å². The summed E-state index contributed by atoms with van der Waals surface area (Å²) in [5, 5.41) is 4.57. The summed E-state index contributed by atoms with van der Waals surface area (Å²) in [6.07, 6.45) is 4.47. The summed E-state index contributed by atoms with van der Waals surface area (Å²) in [6.45, 7) is 0.845. The van der Waals surface area contributed by atoms with Crippen LogP contribution >= 0.6 is 0 Å². The van der Waals surface area contributed by atoms with Crippen LogP contribution in [0.25, 0.3) is 22.6 Å². The van der Waals surface area contributed by atoms with E-state index in [1.165, 1.54) is 12.8 Å². The van der Waals surface area contributed by atoms with Gasteiger partial charge in [0.25, 0.3) is 0 Å². The zero-order chi connectivity index (χ0) is 12.7. The highest BCUT2D eigenvalue weighted by Crippen LogP contribution is 2.25. The molecule has 0 aliphatic heterocycles. The Hall–Kier alpha value is -2.07. The number of H-pyrrole nitrogens is 1. The maximum atomic E-state index is 5.79. The first-order valence-electron chi connectivity index (χ1n) is 6.65. The summed E-state index contributed by atoms with van der Waals surface area (Å²) in [5.74, 6) is 1.59. The third-order valence-electron chi connectivity index (χ3n) is 3.45. The average molecular weight is 253 g/mol. The minimum atomic E-state index is 0.706. The second kappa shape index (κ2) is 4.24. The number of fused-ring (bicyclic) bond motifs is 1. The molecule has 0 radical (unpaired) electrons. The second-order valence-corrected chi connectivity index (χ2v) is 5.06. The van der Waals surface area contributed by atoms with Gasteiger partial charge in [-0.15, -0.1) is 0 Å². The van der Waals surface area contributed by atoms with E-state index in [1.807, 2.05) is 36.5 Å². The molecule has 0 atom stereocenters. The van der Waals surface area contributed by atoms with Crippen LogP contribution in [0.4, 0.5) is 0 Å². The largest absolute Gasteiger partial charge is 0.453 e. The lowest BCUT2D eigenvalue weighted by Gasteiger charge is -1.98. The van der Waals surface area contributed by atoms with Crippen LogP contribution in [0.5, 0.6) is 0 Å². The maximum absolute atomic E-state index is 5.79. The summed E-state index contributed by atoms with van der Waals surface area (Å²) in [6, 6.07) is 10.7. The number of nitrogens with one attached hydrogen (secondary N) is 2. The van der Waals surface area contributed by atoms with Crippen LogP contribution in [-0.4, -0.2) is 16.0 Å². The minimum absolute atomic E-state index is 0.706. The van der Waals surface area contributed by atoms with E-state index in [0.717, 1.165) is 34.8 Å². The lowest BCUT2D eigenvalue weighted by molar-refractivity contribution is 0.625. The van der Waals surface area contributed by atoms with Gasteiger partial charge in [0, 0.05) is 23.7 Å². The molecule has 0 saturated heterocycles. The van der Waals surface area contributed by atoms with E-state index in [-0.39, 0.29) is 0 Å². The van der Waals surface area contributed by atoms with Gasteiger partial charge in [-0.25, -0.2) is 4.98 Å². The molecule has 2 N–H and O–H groups in total. The molecule has 3 aromatic rings. The molecular weight excluding hydrogens is 238 g/mol. The predicted octanol–water partition coefficient (Wildman–Crippen LogP) is 3.07. The molecule has 4 heteroatoms. The van der Waals surface area contributed by atoms with E-state index in [2.05, 4.69) is 15.3 Å². The second-order valence-electron chi connectivity index (χ2n) is 5.06. The SMILES string of the molecule is c1ccc2oc(-c3ncc(CNC4CC4)[nH]3)cc2c1. The first kappa shape index (κ1) is 10.8. The lowest BCUT2D eigenvalue weighted by atomic mass is 10.2. The Morgan fingerprint density at radius 2 is 2.21 bits per heavy atom. The molecule has 4 rings (SSSR count). The quantitative estimate of drug-likeness (QED) is 0.751. The summed E-state index contributed by atoms with van der Waals surface area (Å²) < 4.78 is 5.79. The lowest BCUT2D eigenvalue weighted by Crippen LogP contribution is -2.15. The van der Waals surface area contributed by atoms with E-state index >= 15 is 0 Å². The third kappa shape index (κ3) is 2.15. The fraction of sp³-hybridized carbons (Fsp3) is 0.267. The van der Waals surface area contributed by atoms with Crippen molar-refractivity contribution in [2.45, 2.75) is 25.4 Å². The number of hydrogen-bond acceptors (Lipinski definition) is 3. The topological polar surface area (TPSA) is 53.9 Å². The first-order valence-corrected chi connectivity index (χ1v) is 6.65. The normalized spacial score (nSPS) is 15.2. The van der Waals surface area contributed by atoms with Gasteiger partial charge in [0.15, 0.2) is 11.6 Å². The molecular formula is C15H15N3O. The third-order valence-corrected chi connectivity index (χ3v) is 3.45. The van der Waals surface area contributed by atoms with Gasteiger partial charge in [-0.1, -0.05) is 18.2 Å². The molecule has 96 valence electrons. The number of furan rings is 1. The molecule has 1 aliphatic carbocycles. The van der Waals surface area contributed by atoms with Crippen LogP contribution in [0.2, 0.25) is 0 Å². The van der Waals surface area contributed by atoms with Gasteiger partial charge in [-0.3, -0.25) is 0 Å². The summed E-state index contributed by atoms with van der Waals surface area (Å²) in [4.78, 5) is 7.70. The predicted molar refractivity (Wildman–Crippen MR) is 73.7 cm³/mol. The van der Waals surface area contributed by atoms with Crippen molar-refractivity contribution >= 4 is 11.0 Å². The van der Waals surface area contributed by atoms with Gasteiger partial charge >= 0.3 is 0 Å². The first-order chi connectivity index (χ1) is 9.38. The highest BCUT2D eigenvalue weighted by Gasteiger charge is 2.20. The maximum Gasteiger partial charge on any atom is 0.173 e. The molecule has 2 aromatic heterocycles. The van der Waals surface area contributed by atoms with E-state index < -0.39 is 0 Å². The fourth-order valence-corrected chi connectivity index (χ4v) is 2.21. The van der Waals surface area contributed by atoms with Crippen molar-refractivity contribution < 1.29 is 4.42 Å². The number of rotatable bonds is 4. The van der Waals surface area contributed by atoms with Gasteiger partial charge in [-0.05, 0) is 25.0 Å². The number of nitrogens with zero attached hydrogens (tertiary/aromatic N) is 1. The molecule has 4 nitrogen and oxygen atoms in total. The van der Waals surface area contributed by atoms with Crippen molar-refractivity contribution in [2.75, 3.05) is 0 Å².